The number of halogens is 1. The van der Waals surface area contributed by atoms with Gasteiger partial charge in [-0.3, -0.25) is 0 Å². The molecule has 0 heterocycles. The monoisotopic (exact) mass is 276 g/mol. The fraction of sp³-hybridized carbons (Fsp3) is 0.647. The molecule has 2 aliphatic rings. The van der Waals surface area contributed by atoms with Crippen LogP contribution in [0.2, 0.25) is 0 Å². The van der Waals surface area contributed by atoms with Crippen LogP contribution in [0.15, 0.2) is 18.2 Å². The van der Waals surface area contributed by atoms with Crippen molar-refractivity contribution in [2.24, 2.45) is 5.92 Å². The molecule has 2 aliphatic carbocycles. The summed E-state index contributed by atoms with van der Waals surface area (Å²) in [5.74, 6) is 0.695. The predicted molar refractivity (Wildman–Crippen MR) is 81.5 cm³/mol. The lowest BCUT2D eigenvalue weighted by molar-refractivity contribution is 0.317. The third-order valence-corrected chi connectivity index (χ3v) is 4.63. The Morgan fingerprint density at radius 1 is 1.25 bits per heavy atom. The molecule has 1 aromatic carbocycles. The number of nitrogens with zero attached hydrogens (tertiary/aromatic N) is 1. The van der Waals surface area contributed by atoms with Crippen LogP contribution in [0.4, 0.5) is 10.1 Å². The maximum Gasteiger partial charge on any atom is 0.146 e. The summed E-state index contributed by atoms with van der Waals surface area (Å²) >= 11 is 0. The topological polar surface area (TPSA) is 15.3 Å². The van der Waals surface area contributed by atoms with Crippen molar-refractivity contribution in [1.82, 2.24) is 5.32 Å². The number of anilines is 1. The molecule has 1 aromatic rings. The SMILES string of the molecule is CCN(CC1CCC1)c1c(F)cccc1CNC1CC1. The van der Waals surface area contributed by atoms with Crippen LogP contribution < -0.4 is 10.2 Å². The van der Waals surface area contributed by atoms with Gasteiger partial charge in [0.2, 0.25) is 0 Å². The average Bonchev–Trinajstić information content (AvgIpc) is 3.21. The Bertz CT molecular complexity index is 452. The van der Waals surface area contributed by atoms with Gasteiger partial charge in [0.1, 0.15) is 5.82 Å². The third kappa shape index (κ3) is 3.14. The summed E-state index contributed by atoms with van der Waals surface area (Å²) in [6, 6.07) is 6.16. The molecule has 20 heavy (non-hydrogen) atoms. The molecule has 3 rings (SSSR count). The van der Waals surface area contributed by atoms with E-state index in [1.165, 1.54) is 32.1 Å². The minimum atomic E-state index is -0.0683. The Kier molecular flexibility index (Phi) is 4.25. The second-order valence-electron chi connectivity index (χ2n) is 6.24. The van der Waals surface area contributed by atoms with Crippen molar-refractivity contribution in [2.45, 2.75) is 51.6 Å². The first-order chi connectivity index (χ1) is 9.78. The standard InChI is InChI=1S/C17H25FN2/c1-2-20(12-13-5-3-6-13)17-14(7-4-8-16(17)18)11-19-15-9-10-15/h4,7-8,13,15,19H,2-3,5-6,9-12H2,1H3. The van der Waals surface area contributed by atoms with Gasteiger partial charge in [-0.2, -0.15) is 0 Å². The minimum absolute atomic E-state index is 0.0683. The lowest BCUT2D eigenvalue weighted by Gasteiger charge is -2.34. The smallest absolute Gasteiger partial charge is 0.146 e. The Hall–Kier alpha value is -1.09. The van der Waals surface area contributed by atoms with Gasteiger partial charge in [-0.1, -0.05) is 18.6 Å². The summed E-state index contributed by atoms with van der Waals surface area (Å²) in [6.45, 7) is 4.81. The number of benzene rings is 1. The molecule has 0 amide bonds. The third-order valence-electron chi connectivity index (χ3n) is 4.63. The Morgan fingerprint density at radius 2 is 2.05 bits per heavy atom. The summed E-state index contributed by atoms with van der Waals surface area (Å²) < 4.78 is 14.3. The molecule has 0 unspecified atom stereocenters. The number of para-hydroxylation sites is 1. The number of hydrogen-bond donors (Lipinski definition) is 1. The van der Waals surface area contributed by atoms with Crippen molar-refractivity contribution >= 4 is 5.69 Å². The van der Waals surface area contributed by atoms with Crippen LogP contribution in [0.5, 0.6) is 0 Å². The molecular weight excluding hydrogens is 251 g/mol. The predicted octanol–water partition coefficient (Wildman–Crippen LogP) is 3.70. The van der Waals surface area contributed by atoms with Crippen LogP contribution in [0.3, 0.4) is 0 Å². The van der Waals surface area contributed by atoms with Crippen LogP contribution in [0, 0.1) is 11.7 Å². The van der Waals surface area contributed by atoms with Crippen molar-refractivity contribution in [3.8, 4) is 0 Å². The van der Waals surface area contributed by atoms with Crippen molar-refractivity contribution in [3.05, 3.63) is 29.6 Å². The lowest BCUT2D eigenvalue weighted by Crippen LogP contribution is -2.34. The molecule has 0 atom stereocenters. The van der Waals surface area contributed by atoms with E-state index in [-0.39, 0.29) is 5.82 Å². The number of nitrogens with one attached hydrogen (secondary N) is 1. The highest BCUT2D eigenvalue weighted by molar-refractivity contribution is 5.55. The summed E-state index contributed by atoms with van der Waals surface area (Å²) in [7, 11) is 0. The van der Waals surface area contributed by atoms with E-state index in [4.69, 9.17) is 0 Å². The summed E-state index contributed by atoms with van der Waals surface area (Å²) in [4.78, 5) is 2.24. The zero-order valence-electron chi connectivity index (χ0n) is 12.4. The highest BCUT2D eigenvalue weighted by Gasteiger charge is 2.24. The molecule has 3 heteroatoms. The van der Waals surface area contributed by atoms with E-state index < -0.39 is 0 Å². The van der Waals surface area contributed by atoms with Crippen LogP contribution in [-0.2, 0) is 6.54 Å². The quantitative estimate of drug-likeness (QED) is 0.817. The highest BCUT2D eigenvalue weighted by Crippen LogP contribution is 2.32. The second kappa shape index (κ2) is 6.13. The largest absolute Gasteiger partial charge is 0.369 e. The maximum atomic E-state index is 14.3. The van der Waals surface area contributed by atoms with Crippen molar-refractivity contribution in [3.63, 3.8) is 0 Å². The number of hydrogen-bond acceptors (Lipinski definition) is 2. The summed E-state index contributed by atoms with van der Waals surface area (Å²) in [6.07, 6.45) is 6.49. The molecular formula is C17H25FN2. The maximum absolute atomic E-state index is 14.3. The van der Waals surface area contributed by atoms with E-state index in [2.05, 4.69) is 23.2 Å². The van der Waals surface area contributed by atoms with E-state index in [1.54, 1.807) is 6.07 Å². The van der Waals surface area contributed by atoms with Crippen molar-refractivity contribution in [1.29, 1.82) is 0 Å². The molecule has 0 radical (unpaired) electrons. The second-order valence-corrected chi connectivity index (χ2v) is 6.24. The normalized spacial score (nSPS) is 18.9. The van der Waals surface area contributed by atoms with Gasteiger partial charge in [0.25, 0.3) is 0 Å². The molecule has 0 bridgehead atoms. The first-order valence-corrected chi connectivity index (χ1v) is 8.03. The van der Waals surface area contributed by atoms with Gasteiger partial charge in [-0.05, 0) is 50.2 Å². The molecule has 110 valence electrons. The molecule has 0 spiro atoms. The Morgan fingerprint density at radius 3 is 2.65 bits per heavy atom. The van der Waals surface area contributed by atoms with E-state index in [0.717, 1.165) is 36.8 Å². The Labute approximate surface area is 121 Å². The highest BCUT2D eigenvalue weighted by atomic mass is 19.1. The first-order valence-electron chi connectivity index (χ1n) is 8.03. The molecule has 2 fully saturated rings. The first kappa shape index (κ1) is 13.9. The van der Waals surface area contributed by atoms with Crippen LogP contribution in [0.25, 0.3) is 0 Å². The molecule has 0 aromatic heterocycles. The molecule has 2 saturated carbocycles. The van der Waals surface area contributed by atoms with Crippen LogP contribution in [-0.4, -0.2) is 19.1 Å². The van der Waals surface area contributed by atoms with Gasteiger partial charge in [0.15, 0.2) is 0 Å². The van der Waals surface area contributed by atoms with Gasteiger partial charge in [0.05, 0.1) is 5.69 Å². The molecule has 2 nitrogen and oxygen atoms in total. The van der Waals surface area contributed by atoms with Crippen LogP contribution in [0.1, 0.15) is 44.6 Å². The van der Waals surface area contributed by atoms with Gasteiger partial charge >= 0.3 is 0 Å². The minimum Gasteiger partial charge on any atom is -0.369 e. The zero-order valence-corrected chi connectivity index (χ0v) is 12.4. The van der Waals surface area contributed by atoms with E-state index in [0.29, 0.717) is 6.04 Å². The van der Waals surface area contributed by atoms with Gasteiger partial charge in [-0.25, -0.2) is 4.39 Å². The van der Waals surface area contributed by atoms with Crippen LogP contribution >= 0.6 is 0 Å². The van der Waals surface area contributed by atoms with Gasteiger partial charge in [0, 0.05) is 25.7 Å². The molecule has 1 N–H and O–H groups in total. The summed E-state index contributed by atoms with van der Waals surface area (Å²) in [5.41, 5.74) is 1.94. The van der Waals surface area contributed by atoms with E-state index >= 15 is 0 Å². The fourth-order valence-electron chi connectivity index (χ4n) is 2.96. The fourth-order valence-corrected chi connectivity index (χ4v) is 2.96. The van der Waals surface area contributed by atoms with Crippen molar-refractivity contribution in [2.75, 3.05) is 18.0 Å². The zero-order chi connectivity index (χ0) is 13.9. The van der Waals surface area contributed by atoms with Crippen molar-refractivity contribution < 1.29 is 4.39 Å². The van der Waals surface area contributed by atoms with Gasteiger partial charge in [-0.15, -0.1) is 0 Å². The Balaban J connectivity index is 1.76. The van der Waals surface area contributed by atoms with E-state index in [9.17, 15) is 4.39 Å². The molecule has 0 saturated heterocycles. The summed E-state index contributed by atoms with van der Waals surface area (Å²) in [5, 5.41) is 3.51. The lowest BCUT2D eigenvalue weighted by atomic mass is 9.85. The van der Waals surface area contributed by atoms with Gasteiger partial charge < -0.3 is 10.2 Å². The molecule has 0 aliphatic heterocycles. The number of rotatable bonds is 7. The van der Waals surface area contributed by atoms with E-state index in [1.807, 2.05) is 6.07 Å². The average molecular weight is 276 g/mol.